The lowest BCUT2D eigenvalue weighted by Gasteiger charge is -2.16. The highest BCUT2D eigenvalue weighted by Crippen LogP contribution is 2.48. The molecule has 0 radical (unpaired) electrons. The van der Waals surface area contributed by atoms with Gasteiger partial charge in [0.2, 0.25) is 15.9 Å². The molecule has 120 valence electrons. The van der Waals surface area contributed by atoms with E-state index in [1.165, 1.54) is 0 Å². The van der Waals surface area contributed by atoms with Gasteiger partial charge in [0.25, 0.3) is 0 Å². The van der Waals surface area contributed by atoms with Gasteiger partial charge in [0.1, 0.15) is 0 Å². The average Bonchev–Trinajstić information content (AvgIpc) is 3.30. The van der Waals surface area contributed by atoms with E-state index in [-0.39, 0.29) is 11.7 Å². The largest absolute Gasteiger partial charge is 0.325 e. The zero-order valence-electron chi connectivity index (χ0n) is 12.5. The third kappa shape index (κ3) is 3.60. The molecule has 1 amide bonds. The van der Waals surface area contributed by atoms with Crippen LogP contribution in [0.2, 0.25) is 0 Å². The van der Waals surface area contributed by atoms with E-state index >= 15 is 0 Å². The Morgan fingerprint density at radius 2 is 1.65 bits per heavy atom. The van der Waals surface area contributed by atoms with Crippen LogP contribution in [0.1, 0.15) is 24.0 Å². The van der Waals surface area contributed by atoms with Crippen molar-refractivity contribution >= 4 is 21.6 Å². The van der Waals surface area contributed by atoms with Crippen molar-refractivity contribution in [3.63, 3.8) is 0 Å². The Kier molecular flexibility index (Phi) is 3.95. The maximum Gasteiger partial charge on any atom is 0.235 e. The summed E-state index contributed by atoms with van der Waals surface area (Å²) in [6.45, 7) is 0. The highest BCUT2D eigenvalue weighted by atomic mass is 32.2. The number of sulfonamides is 1. The summed E-state index contributed by atoms with van der Waals surface area (Å²) in [6.07, 6.45) is 1.68. The van der Waals surface area contributed by atoms with Gasteiger partial charge in [0.05, 0.1) is 11.2 Å². The summed E-state index contributed by atoms with van der Waals surface area (Å²) in [5, 5.41) is 7.93. The molecule has 0 unspecified atom stereocenters. The summed E-state index contributed by atoms with van der Waals surface area (Å²) in [5.41, 5.74) is 1.84. The first-order valence-corrected chi connectivity index (χ1v) is 9.07. The highest BCUT2D eigenvalue weighted by molar-refractivity contribution is 7.88. The molecule has 0 aromatic heterocycles. The summed E-state index contributed by atoms with van der Waals surface area (Å²) >= 11 is 0. The molecule has 1 aliphatic carbocycles. The Balaban J connectivity index is 1.71. The van der Waals surface area contributed by atoms with E-state index in [0.29, 0.717) is 11.3 Å². The predicted molar refractivity (Wildman–Crippen MR) is 89.2 cm³/mol. The lowest BCUT2D eigenvalue weighted by Crippen LogP contribution is -2.27. The number of benzene rings is 2. The van der Waals surface area contributed by atoms with Crippen LogP contribution in [0, 0.1) is 0 Å². The summed E-state index contributed by atoms with van der Waals surface area (Å²) in [6, 6.07) is 16.4. The second-order valence-electron chi connectivity index (χ2n) is 5.91. The molecule has 23 heavy (non-hydrogen) atoms. The van der Waals surface area contributed by atoms with Crippen LogP contribution in [-0.4, -0.2) is 14.3 Å². The van der Waals surface area contributed by atoms with Crippen LogP contribution in [0.4, 0.5) is 5.69 Å². The number of rotatable bonds is 5. The normalized spacial score (nSPS) is 15.9. The van der Waals surface area contributed by atoms with Crippen molar-refractivity contribution in [1.29, 1.82) is 0 Å². The lowest BCUT2D eigenvalue weighted by molar-refractivity contribution is -0.118. The van der Waals surface area contributed by atoms with Gasteiger partial charge in [-0.25, -0.2) is 13.6 Å². The SMILES string of the molecule is NS(=O)(=O)Cc1ccc(NC(=O)C2(c3ccccc3)CC2)cc1. The third-order valence-corrected chi connectivity index (χ3v) is 4.83. The van der Waals surface area contributed by atoms with Crippen molar-refractivity contribution in [1.82, 2.24) is 0 Å². The number of primary sulfonamides is 1. The molecule has 0 saturated heterocycles. The quantitative estimate of drug-likeness (QED) is 0.880. The van der Waals surface area contributed by atoms with E-state index in [1.54, 1.807) is 24.3 Å². The van der Waals surface area contributed by atoms with Crippen LogP contribution in [-0.2, 0) is 26.0 Å². The first-order valence-electron chi connectivity index (χ1n) is 7.35. The van der Waals surface area contributed by atoms with E-state index in [2.05, 4.69) is 5.32 Å². The molecular weight excluding hydrogens is 312 g/mol. The Morgan fingerprint density at radius 3 is 2.17 bits per heavy atom. The van der Waals surface area contributed by atoms with Crippen LogP contribution in [0.5, 0.6) is 0 Å². The number of hydrogen-bond donors (Lipinski definition) is 2. The molecule has 0 spiro atoms. The second kappa shape index (κ2) is 5.79. The molecule has 6 heteroatoms. The summed E-state index contributed by atoms with van der Waals surface area (Å²) < 4.78 is 22.1. The van der Waals surface area contributed by atoms with Crippen LogP contribution in [0.25, 0.3) is 0 Å². The van der Waals surface area contributed by atoms with Gasteiger partial charge in [-0.2, -0.15) is 0 Å². The van der Waals surface area contributed by atoms with E-state index in [1.807, 2.05) is 30.3 Å². The van der Waals surface area contributed by atoms with Gasteiger partial charge in [0.15, 0.2) is 0 Å². The molecular formula is C17H18N2O3S. The molecule has 0 aliphatic heterocycles. The fraction of sp³-hybridized carbons (Fsp3) is 0.235. The van der Waals surface area contributed by atoms with Gasteiger partial charge in [0, 0.05) is 5.69 Å². The molecule has 0 atom stereocenters. The van der Waals surface area contributed by atoms with E-state index in [9.17, 15) is 13.2 Å². The molecule has 3 rings (SSSR count). The molecule has 0 bridgehead atoms. The van der Waals surface area contributed by atoms with Gasteiger partial charge in [-0.1, -0.05) is 42.5 Å². The maximum atomic E-state index is 12.6. The number of hydrogen-bond acceptors (Lipinski definition) is 3. The minimum Gasteiger partial charge on any atom is -0.325 e. The molecule has 5 nitrogen and oxygen atoms in total. The Hall–Kier alpha value is -2.18. The minimum atomic E-state index is -3.55. The molecule has 2 aromatic carbocycles. The monoisotopic (exact) mass is 330 g/mol. The zero-order chi connectivity index (χ0) is 16.5. The van der Waals surface area contributed by atoms with Crippen molar-refractivity contribution in [3.8, 4) is 0 Å². The number of nitrogens with one attached hydrogen (secondary N) is 1. The Morgan fingerprint density at radius 1 is 1.04 bits per heavy atom. The fourth-order valence-electron chi connectivity index (χ4n) is 2.70. The van der Waals surface area contributed by atoms with Gasteiger partial charge >= 0.3 is 0 Å². The lowest BCUT2D eigenvalue weighted by atomic mass is 9.95. The smallest absolute Gasteiger partial charge is 0.235 e. The summed E-state index contributed by atoms with van der Waals surface area (Å²) in [7, 11) is -3.55. The van der Waals surface area contributed by atoms with Gasteiger partial charge in [-0.15, -0.1) is 0 Å². The van der Waals surface area contributed by atoms with Crippen molar-refractivity contribution < 1.29 is 13.2 Å². The Bertz CT molecular complexity index is 811. The van der Waals surface area contributed by atoms with Crippen LogP contribution >= 0.6 is 0 Å². The van der Waals surface area contributed by atoms with Gasteiger partial charge < -0.3 is 5.32 Å². The van der Waals surface area contributed by atoms with Crippen molar-refractivity contribution in [3.05, 3.63) is 65.7 Å². The van der Waals surface area contributed by atoms with Crippen molar-refractivity contribution in [2.45, 2.75) is 24.0 Å². The number of anilines is 1. The average molecular weight is 330 g/mol. The molecule has 1 aliphatic rings. The maximum absolute atomic E-state index is 12.6. The predicted octanol–water partition coefficient (Wildman–Crippen LogP) is 2.15. The molecule has 3 N–H and O–H groups in total. The Labute approximate surface area is 135 Å². The molecule has 2 aromatic rings. The zero-order valence-corrected chi connectivity index (χ0v) is 13.3. The summed E-state index contributed by atoms with van der Waals surface area (Å²) in [4.78, 5) is 12.6. The molecule has 1 saturated carbocycles. The van der Waals surface area contributed by atoms with E-state index < -0.39 is 15.4 Å². The minimum absolute atomic E-state index is 0.0251. The molecule has 1 fully saturated rings. The number of amides is 1. The summed E-state index contributed by atoms with van der Waals surface area (Å²) in [5.74, 6) is -0.238. The van der Waals surface area contributed by atoms with Gasteiger partial charge in [-0.05, 0) is 36.1 Å². The standard InChI is InChI=1S/C17H18N2O3S/c18-23(21,22)12-13-6-8-15(9-7-13)19-16(20)17(10-11-17)14-4-2-1-3-5-14/h1-9H,10-12H2,(H,19,20)(H2,18,21,22). The topological polar surface area (TPSA) is 89.3 Å². The molecule has 0 heterocycles. The van der Waals surface area contributed by atoms with Crippen molar-refractivity contribution in [2.75, 3.05) is 5.32 Å². The van der Waals surface area contributed by atoms with E-state index in [4.69, 9.17) is 5.14 Å². The number of nitrogens with two attached hydrogens (primary N) is 1. The number of carbonyl (C=O) groups is 1. The van der Waals surface area contributed by atoms with Crippen molar-refractivity contribution in [2.24, 2.45) is 5.14 Å². The first kappa shape index (κ1) is 15.7. The highest BCUT2D eigenvalue weighted by Gasteiger charge is 2.51. The van der Waals surface area contributed by atoms with E-state index in [0.717, 1.165) is 18.4 Å². The second-order valence-corrected chi connectivity index (χ2v) is 7.52. The van der Waals surface area contributed by atoms with Crippen LogP contribution in [0.3, 0.4) is 0 Å². The number of carbonyl (C=O) groups excluding carboxylic acids is 1. The first-order chi connectivity index (χ1) is 10.9. The third-order valence-electron chi connectivity index (χ3n) is 4.09. The van der Waals surface area contributed by atoms with Crippen LogP contribution < -0.4 is 10.5 Å². The fourth-order valence-corrected chi connectivity index (χ4v) is 3.35. The van der Waals surface area contributed by atoms with Crippen LogP contribution in [0.15, 0.2) is 54.6 Å². The van der Waals surface area contributed by atoms with Gasteiger partial charge in [-0.3, -0.25) is 4.79 Å².